The largest absolute Gasteiger partial charge is 0.480 e. The molecule has 4 rings (SSSR count). The second kappa shape index (κ2) is 9.85. The van der Waals surface area contributed by atoms with Crippen LogP contribution in [0.5, 0.6) is 0 Å². The first-order chi connectivity index (χ1) is 16.7. The number of aryl methyl sites for hydroxylation is 1. The van der Waals surface area contributed by atoms with E-state index in [4.69, 9.17) is 4.74 Å². The number of nitrogens with zero attached hydrogens (tertiary/aromatic N) is 1. The van der Waals surface area contributed by atoms with Gasteiger partial charge in [-0.3, -0.25) is 4.79 Å². The first-order valence-corrected chi connectivity index (χ1v) is 12.5. The average molecular weight is 502 g/mol. The monoisotopic (exact) mass is 501 g/mol. The summed E-state index contributed by atoms with van der Waals surface area (Å²) < 4.78 is 59.7. The highest BCUT2D eigenvalue weighted by Gasteiger charge is 2.58. The highest BCUT2D eigenvalue weighted by atomic mass is 32.2. The van der Waals surface area contributed by atoms with Gasteiger partial charge in [0.25, 0.3) is 0 Å². The molecule has 0 radical (unpaired) electrons. The first-order valence-electron chi connectivity index (χ1n) is 11.1. The lowest BCUT2D eigenvalue weighted by molar-refractivity contribution is -0.226. The van der Waals surface area contributed by atoms with Gasteiger partial charge in [0, 0.05) is 0 Å². The first kappa shape index (κ1) is 25.0. The molecule has 6 nitrogen and oxygen atoms in total. The molecule has 2 atom stereocenters. The Kier molecular flexibility index (Phi) is 7.02. The molecular formula is C26H25F2NO5S. The molecule has 0 amide bonds. The molecule has 1 fully saturated rings. The number of carboxylic acids is 1. The third kappa shape index (κ3) is 4.71. The molecule has 1 N–H and O–H groups in total. The molecule has 0 saturated heterocycles. The molecule has 0 bridgehead atoms. The van der Waals surface area contributed by atoms with Gasteiger partial charge in [-0.15, -0.1) is 0 Å². The molecule has 35 heavy (non-hydrogen) atoms. The zero-order chi connectivity index (χ0) is 25.2. The van der Waals surface area contributed by atoms with E-state index >= 15 is 0 Å². The topological polar surface area (TPSA) is 83.9 Å². The van der Waals surface area contributed by atoms with Gasteiger partial charge in [-0.25, -0.2) is 8.42 Å². The quantitative estimate of drug-likeness (QED) is 0.444. The number of alkyl halides is 2. The van der Waals surface area contributed by atoms with E-state index in [2.05, 4.69) is 0 Å². The van der Waals surface area contributed by atoms with Gasteiger partial charge < -0.3 is 9.84 Å². The van der Waals surface area contributed by atoms with Gasteiger partial charge >= 0.3 is 12.6 Å². The maximum atomic E-state index is 13.7. The van der Waals surface area contributed by atoms with Gasteiger partial charge in [-0.05, 0) is 54.2 Å². The Morgan fingerprint density at radius 1 is 1.06 bits per heavy atom. The Labute approximate surface area is 202 Å². The van der Waals surface area contributed by atoms with Crippen LogP contribution in [0.4, 0.5) is 8.78 Å². The second-order valence-electron chi connectivity index (χ2n) is 8.46. The highest BCUT2D eigenvalue weighted by Crippen LogP contribution is 2.51. The molecule has 1 aliphatic carbocycles. The van der Waals surface area contributed by atoms with Crippen molar-refractivity contribution in [3.63, 3.8) is 0 Å². The summed E-state index contributed by atoms with van der Waals surface area (Å²) in [6.45, 7) is -2.08. The van der Waals surface area contributed by atoms with Crippen LogP contribution in [0.3, 0.4) is 0 Å². The molecule has 0 aromatic heterocycles. The van der Waals surface area contributed by atoms with Gasteiger partial charge in [0.05, 0.1) is 16.5 Å². The fourth-order valence-corrected chi connectivity index (χ4v) is 6.50. The Bertz CT molecular complexity index is 1300. The van der Waals surface area contributed by atoms with Gasteiger partial charge in [0.15, 0.2) is 0 Å². The van der Waals surface area contributed by atoms with Crippen LogP contribution in [0.25, 0.3) is 11.1 Å². The second-order valence-corrected chi connectivity index (χ2v) is 10.3. The SMILES string of the molecule is Cc1ccccc1-c1ccc(C2(N(CC(=O)O)S(=O)(=O)c3ccccc3)CCC2OC(F)F)cc1. The average Bonchev–Trinajstić information content (AvgIpc) is 2.83. The van der Waals surface area contributed by atoms with E-state index in [-0.39, 0.29) is 17.7 Å². The van der Waals surface area contributed by atoms with Crippen LogP contribution in [0.15, 0.2) is 83.8 Å². The Morgan fingerprint density at radius 2 is 1.69 bits per heavy atom. The van der Waals surface area contributed by atoms with E-state index in [0.717, 1.165) is 21.0 Å². The van der Waals surface area contributed by atoms with E-state index in [0.29, 0.717) is 5.56 Å². The zero-order valence-corrected chi connectivity index (χ0v) is 19.8. The molecule has 0 spiro atoms. The Morgan fingerprint density at radius 3 is 2.23 bits per heavy atom. The predicted octanol–water partition coefficient (Wildman–Crippen LogP) is 5.03. The van der Waals surface area contributed by atoms with Crippen molar-refractivity contribution in [1.29, 1.82) is 0 Å². The lowest BCUT2D eigenvalue weighted by Gasteiger charge is -2.54. The summed E-state index contributed by atoms with van der Waals surface area (Å²) in [4.78, 5) is 11.7. The van der Waals surface area contributed by atoms with Crippen LogP contribution in [-0.4, -0.2) is 43.1 Å². The van der Waals surface area contributed by atoms with Crippen LogP contribution < -0.4 is 0 Å². The summed E-state index contributed by atoms with van der Waals surface area (Å²) >= 11 is 0. The number of hydrogen-bond donors (Lipinski definition) is 1. The summed E-state index contributed by atoms with van der Waals surface area (Å²) in [6, 6.07) is 22.0. The van der Waals surface area contributed by atoms with Crippen LogP contribution >= 0.6 is 0 Å². The van der Waals surface area contributed by atoms with Crippen molar-refractivity contribution in [3.05, 3.63) is 90.0 Å². The Hall–Kier alpha value is -3.14. The van der Waals surface area contributed by atoms with Crippen molar-refractivity contribution >= 4 is 16.0 Å². The molecule has 2 unspecified atom stereocenters. The Balaban J connectivity index is 1.85. The minimum Gasteiger partial charge on any atom is -0.480 e. The summed E-state index contributed by atoms with van der Waals surface area (Å²) in [6.07, 6.45) is -0.928. The van der Waals surface area contributed by atoms with Crippen LogP contribution in [0.2, 0.25) is 0 Å². The van der Waals surface area contributed by atoms with Crippen molar-refractivity contribution in [2.24, 2.45) is 0 Å². The molecule has 3 aromatic rings. The van der Waals surface area contributed by atoms with E-state index < -0.39 is 40.8 Å². The van der Waals surface area contributed by atoms with Gasteiger partial charge in [-0.2, -0.15) is 13.1 Å². The number of sulfonamides is 1. The van der Waals surface area contributed by atoms with Crippen molar-refractivity contribution < 1.29 is 31.8 Å². The fourth-order valence-electron chi connectivity index (χ4n) is 4.72. The minimum absolute atomic E-state index is 0.125. The smallest absolute Gasteiger partial charge is 0.345 e. The number of carboxylic acid groups (broad SMARTS) is 1. The fraction of sp³-hybridized carbons (Fsp3) is 0.269. The minimum atomic E-state index is -4.37. The molecule has 0 aliphatic heterocycles. The molecule has 1 saturated carbocycles. The third-order valence-electron chi connectivity index (χ3n) is 6.48. The van der Waals surface area contributed by atoms with E-state index in [1.54, 1.807) is 30.3 Å². The van der Waals surface area contributed by atoms with Gasteiger partial charge in [-0.1, -0.05) is 66.7 Å². The number of aliphatic carboxylic acids is 1. The summed E-state index contributed by atoms with van der Waals surface area (Å²) in [5.74, 6) is -1.40. The lowest BCUT2D eigenvalue weighted by atomic mass is 9.68. The lowest BCUT2D eigenvalue weighted by Crippen LogP contribution is -2.64. The van der Waals surface area contributed by atoms with Crippen LogP contribution in [0.1, 0.15) is 24.0 Å². The predicted molar refractivity (Wildman–Crippen MR) is 126 cm³/mol. The summed E-state index contributed by atoms with van der Waals surface area (Å²) in [7, 11) is -4.37. The normalized spacial score (nSPS) is 20.1. The summed E-state index contributed by atoms with van der Waals surface area (Å²) in [5.41, 5.74) is 1.67. The number of hydrogen-bond acceptors (Lipinski definition) is 4. The molecule has 3 aromatic carbocycles. The molecule has 9 heteroatoms. The maximum Gasteiger partial charge on any atom is 0.345 e. The highest BCUT2D eigenvalue weighted by molar-refractivity contribution is 7.89. The van der Waals surface area contributed by atoms with E-state index in [1.165, 1.54) is 24.3 Å². The van der Waals surface area contributed by atoms with E-state index in [9.17, 15) is 27.1 Å². The standard InChI is InChI=1S/C26H25F2NO5S/c1-18-7-5-6-10-22(18)19-11-13-20(14-12-19)26(16-15-23(26)34-25(27)28)29(17-24(30)31)35(32,33)21-8-3-2-4-9-21/h2-14,23,25H,15-17H2,1H3,(H,30,31). The number of carbonyl (C=O) groups is 1. The number of benzene rings is 3. The maximum absolute atomic E-state index is 13.7. The molecular weight excluding hydrogens is 476 g/mol. The summed E-state index contributed by atoms with van der Waals surface area (Å²) in [5, 5.41) is 9.62. The van der Waals surface area contributed by atoms with E-state index in [1.807, 2.05) is 31.2 Å². The molecule has 184 valence electrons. The third-order valence-corrected chi connectivity index (χ3v) is 8.39. The number of halogens is 2. The van der Waals surface area contributed by atoms with Crippen molar-refractivity contribution in [2.75, 3.05) is 6.54 Å². The molecule has 0 heterocycles. The zero-order valence-electron chi connectivity index (χ0n) is 19.0. The van der Waals surface area contributed by atoms with Gasteiger partial charge in [0.1, 0.15) is 6.54 Å². The number of rotatable bonds is 9. The van der Waals surface area contributed by atoms with Gasteiger partial charge in [0.2, 0.25) is 10.0 Å². The van der Waals surface area contributed by atoms with Crippen molar-refractivity contribution in [2.45, 2.75) is 42.9 Å². The number of ether oxygens (including phenoxy) is 1. The van der Waals surface area contributed by atoms with Crippen molar-refractivity contribution in [1.82, 2.24) is 4.31 Å². The van der Waals surface area contributed by atoms with Crippen molar-refractivity contribution in [3.8, 4) is 11.1 Å². The molecule has 1 aliphatic rings. The van der Waals surface area contributed by atoms with Crippen LogP contribution in [0, 0.1) is 6.92 Å². The van der Waals surface area contributed by atoms with Crippen LogP contribution in [-0.2, 0) is 25.1 Å².